The van der Waals surface area contributed by atoms with Crippen molar-refractivity contribution in [3.63, 3.8) is 0 Å². The van der Waals surface area contributed by atoms with Gasteiger partial charge in [-0.25, -0.2) is 4.98 Å². The van der Waals surface area contributed by atoms with Crippen LogP contribution in [0.3, 0.4) is 0 Å². The van der Waals surface area contributed by atoms with Crippen LogP contribution >= 0.6 is 11.3 Å². The zero-order valence-electron chi connectivity index (χ0n) is 17.0. The first-order valence-electron chi connectivity index (χ1n) is 10.1. The number of hydrogen-bond donors (Lipinski definition) is 1. The number of fused-ring (bicyclic) bond motifs is 1. The Morgan fingerprint density at radius 1 is 0.839 bits per heavy atom. The van der Waals surface area contributed by atoms with Crippen molar-refractivity contribution in [3.05, 3.63) is 102 Å². The number of benzene rings is 4. The lowest BCUT2D eigenvalue weighted by Crippen LogP contribution is -1.86. The molecule has 0 saturated heterocycles. The lowest BCUT2D eigenvalue weighted by molar-refractivity contribution is 0.476. The van der Waals surface area contributed by atoms with Gasteiger partial charge in [0.1, 0.15) is 10.8 Å². The average molecular weight is 421 g/mol. The van der Waals surface area contributed by atoms with E-state index in [1.807, 2.05) is 72.8 Å². The Kier molecular flexibility index (Phi) is 5.06. The van der Waals surface area contributed by atoms with Crippen LogP contribution in [0.4, 0.5) is 5.69 Å². The van der Waals surface area contributed by atoms with Gasteiger partial charge in [-0.1, -0.05) is 48.5 Å². The van der Waals surface area contributed by atoms with Crippen LogP contribution in [0.15, 0.2) is 96.0 Å². The second-order valence-corrected chi connectivity index (χ2v) is 8.44. The fourth-order valence-corrected chi connectivity index (χ4v) is 4.57. The van der Waals surface area contributed by atoms with Crippen molar-refractivity contribution in [1.82, 2.24) is 4.98 Å². The monoisotopic (exact) mass is 420 g/mol. The third kappa shape index (κ3) is 3.98. The van der Waals surface area contributed by atoms with Crippen LogP contribution < -0.4 is 0 Å². The second-order valence-electron chi connectivity index (χ2n) is 7.40. The molecular formula is C27H20N2OS. The zero-order chi connectivity index (χ0) is 21.2. The minimum atomic E-state index is 0.235. The number of thiazole rings is 1. The molecule has 0 aliphatic heterocycles. The molecule has 0 atom stereocenters. The van der Waals surface area contributed by atoms with Crippen LogP contribution in [-0.2, 0) is 0 Å². The predicted octanol–water partition coefficient (Wildman–Crippen LogP) is 7.39. The molecule has 0 spiro atoms. The van der Waals surface area contributed by atoms with Crippen molar-refractivity contribution in [2.75, 3.05) is 0 Å². The lowest BCUT2D eigenvalue weighted by Gasteiger charge is -2.07. The van der Waals surface area contributed by atoms with E-state index in [0.717, 1.165) is 32.9 Å². The molecule has 0 aliphatic carbocycles. The number of aromatic nitrogens is 1. The van der Waals surface area contributed by atoms with Crippen LogP contribution in [0.25, 0.3) is 31.9 Å². The smallest absolute Gasteiger partial charge is 0.132 e. The van der Waals surface area contributed by atoms with Crippen LogP contribution in [0.5, 0.6) is 5.75 Å². The molecule has 0 bridgehead atoms. The summed E-state index contributed by atoms with van der Waals surface area (Å²) in [5.74, 6) is 0.235. The zero-order valence-corrected chi connectivity index (χ0v) is 17.8. The molecule has 0 saturated carbocycles. The first-order valence-corrected chi connectivity index (χ1v) is 10.9. The third-order valence-electron chi connectivity index (χ3n) is 5.16. The Labute approximate surface area is 185 Å². The summed E-state index contributed by atoms with van der Waals surface area (Å²) in [6.07, 6.45) is 1.71. The molecule has 0 fully saturated rings. The van der Waals surface area contributed by atoms with Crippen LogP contribution in [0.2, 0.25) is 0 Å². The van der Waals surface area contributed by atoms with Crippen molar-refractivity contribution in [3.8, 4) is 27.4 Å². The van der Waals surface area contributed by atoms with E-state index >= 15 is 0 Å². The van der Waals surface area contributed by atoms with Crippen molar-refractivity contribution < 1.29 is 5.11 Å². The molecule has 1 aromatic heterocycles. The number of para-hydroxylation sites is 1. The van der Waals surface area contributed by atoms with E-state index in [1.165, 1.54) is 10.3 Å². The number of aliphatic imine (C=N–C) groups is 1. The van der Waals surface area contributed by atoms with E-state index in [0.29, 0.717) is 5.56 Å². The number of aryl methyl sites for hydroxylation is 1. The molecule has 0 unspecified atom stereocenters. The Morgan fingerprint density at radius 2 is 1.65 bits per heavy atom. The molecular weight excluding hydrogens is 400 g/mol. The molecule has 0 aliphatic rings. The van der Waals surface area contributed by atoms with Crippen LogP contribution in [-0.4, -0.2) is 16.3 Å². The van der Waals surface area contributed by atoms with Gasteiger partial charge < -0.3 is 5.11 Å². The van der Waals surface area contributed by atoms with Gasteiger partial charge in [-0.05, 0) is 60.5 Å². The number of nitrogens with zero attached hydrogens (tertiary/aromatic N) is 2. The molecule has 150 valence electrons. The summed E-state index contributed by atoms with van der Waals surface area (Å²) >= 11 is 1.70. The molecule has 4 aromatic carbocycles. The lowest BCUT2D eigenvalue weighted by atomic mass is 10.0. The standard InChI is InChI=1S/C27H20N2OS/c1-18-10-15-24-25(16-18)31-27(29-24)20-11-13-22(14-12-20)28-17-21-8-5-9-23(26(21)30)19-6-3-2-4-7-19/h2-17,30H,1H3. The largest absolute Gasteiger partial charge is 0.507 e. The highest BCUT2D eigenvalue weighted by atomic mass is 32.1. The molecule has 31 heavy (non-hydrogen) atoms. The van der Waals surface area contributed by atoms with Crippen LogP contribution in [0.1, 0.15) is 11.1 Å². The quantitative estimate of drug-likeness (QED) is 0.308. The molecule has 4 heteroatoms. The molecule has 1 heterocycles. The minimum Gasteiger partial charge on any atom is -0.507 e. The average Bonchev–Trinajstić information content (AvgIpc) is 3.22. The summed E-state index contributed by atoms with van der Waals surface area (Å²) < 4.78 is 1.20. The third-order valence-corrected chi connectivity index (χ3v) is 6.23. The number of phenolic OH excluding ortho intramolecular Hbond substituents is 1. The maximum absolute atomic E-state index is 10.7. The minimum absolute atomic E-state index is 0.235. The number of aromatic hydroxyl groups is 1. The maximum atomic E-state index is 10.7. The molecule has 1 N–H and O–H groups in total. The summed E-state index contributed by atoms with van der Waals surface area (Å²) in [6, 6.07) is 29.9. The summed E-state index contributed by atoms with van der Waals surface area (Å²) in [5.41, 5.74) is 6.63. The van der Waals surface area contributed by atoms with Crippen molar-refractivity contribution >= 4 is 33.5 Å². The molecule has 5 aromatic rings. The summed E-state index contributed by atoms with van der Waals surface area (Å²) in [5, 5.41) is 11.7. The summed E-state index contributed by atoms with van der Waals surface area (Å²) in [4.78, 5) is 9.30. The Morgan fingerprint density at radius 3 is 2.45 bits per heavy atom. The second kappa shape index (κ2) is 8.17. The Bertz CT molecular complexity index is 1390. The topological polar surface area (TPSA) is 45.5 Å². The fraction of sp³-hybridized carbons (Fsp3) is 0.0370. The highest BCUT2D eigenvalue weighted by Gasteiger charge is 2.08. The van der Waals surface area contributed by atoms with Gasteiger partial charge in [-0.3, -0.25) is 4.99 Å². The fourth-order valence-electron chi connectivity index (χ4n) is 3.51. The van der Waals surface area contributed by atoms with Gasteiger partial charge in [0.2, 0.25) is 0 Å². The first kappa shape index (κ1) is 19.2. The Hall–Kier alpha value is -3.76. The number of hydrogen-bond acceptors (Lipinski definition) is 4. The van der Waals surface area contributed by atoms with Crippen LogP contribution in [0, 0.1) is 6.92 Å². The SMILES string of the molecule is Cc1ccc2nc(-c3ccc(N=Cc4cccc(-c5ccccc5)c4O)cc3)sc2c1. The molecule has 5 rings (SSSR count). The summed E-state index contributed by atoms with van der Waals surface area (Å²) in [7, 11) is 0. The van der Waals surface area contributed by atoms with Gasteiger partial charge in [0.25, 0.3) is 0 Å². The highest BCUT2D eigenvalue weighted by molar-refractivity contribution is 7.21. The van der Waals surface area contributed by atoms with Gasteiger partial charge in [0.15, 0.2) is 0 Å². The predicted molar refractivity (Wildman–Crippen MR) is 131 cm³/mol. The van der Waals surface area contributed by atoms with Gasteiger partial charge in [-0.15, -0.1) is 11.3 Å². The number of rotatable bonds is 4. The van der Waals surface area contributed by atoms with E-state index in [4.69, 9.17) is 4.98 Å². The highest BCUT2D eigenvalue weighted by Crippen LogP contribution is 2.33. The maximum Gasteiger partial charge on any atom is 0.132 e. The van der Waals surface area contributed by atoms with Gasteiger partial charge in [0, 0.05) is 22.9 Å². The van der Waals surface area contributed by atoms with E-state index < -0.39 is 0 Å². The Balaban J connectivity index is 1.39. The van der Waals surface area contributed by atoms with E-state index in [1.54, 1.807) is 17.6 Å². The van der Waals surface area contributed by atoms with Crippen molar-refractivity contribution in [2.45, 2.75) is 6.92 Å². The first-order chi connectivity index (χ1) is 15.2. The van der Waals surface area contributed by atoms with Gasteiger partial charge >= 0.3 is 0 Å². The van der Waals surface area contributed by atoms with Crippen molar-refractivity contribution in [2.24, 2.45) is 4.99 Å². The molecule has 0 radical (unpaired) electrons. The molecule has 3 nitrogen and oxygen atoms in total. The van der Waals surface area contributed by atoms with E-state index in [2.05, 4.69) is 30.1 Å². The van der Waals surface area contributed by atoms with Gasteiger partial charge in [-0.2, -0.15) is 0 Å². The normalized spacial score (nSPS) is 11.4. The number of phenols is 1. The van der Waals surface area contributed by atoms with E-state index in [9.17, 15) is 5.11 Å². The van der Waals surface area contributed by atoms with Crippen molar-refractivity contribution in [1.29, 1.82) is 0 Å². The molecule has 0 amide bonds. The van der Waals surface area contributed by atoms with E-state index in [-0.39, 0.29) is 5.75 Å². The van der Waals surface area contributed by atoms with Gasteiger partial charge in [0.05, 0.1) is 15.9 Å². The summed E-state index contributed by atoms with van der Waals surface area (Å²) in [6.45, 7) is 2.10.